The summed E-state index contributed by atoms with van der Waals surface area (Å²) in [7, 11) is 0. The zero-order valence-electron chi connectivity index (χ0n) is 12.0. The topological polar surface area (TPSA) is 55.1 Å². The summed E-state index contributed by atoms with van der Waals surface area (Å²) in [5.74, 6) is -0.168. The minimum atomic E-state index is -0.168. The number of carbonyl (C=O) groups excluding carboxylic acids is 1. The van der Waals surface area contributed by atoms with E-state index in [1.807, 2.05) is 50.2 Å². The lowest BCUT2D eigenvalue weighted by Crippen LogP contribution is -2.08. The van der Waals surface area contributed by atoms with Crippen LogP contribution in [0.5, 0.6) is 0 Å². The Morgan fingerprint density at radius 3 is 2.48 bits per heavy atom. The summed E-state index contributed by atoms with van der Waals surface area (Å²) in [4.78, 5) is 11.9. The standard InChI is InChI=1S/C17H17BrN2O/c1-11-8-15(9-12(2)17(11)18)20-16(21)7-6-13-4-3-5-14(19)10-13/h3-10H,19H2,1-2H3,(H,20,21)/b7-6+. The maximum absolute atomic E-state index is 11.9. The first kappa shape index (κ1) is 15.3. The van der Waals surface area contributed by atoms with E-state index in [1.165, 1.54) is 6.08 Å². The number of nitrogens with two attached hydrogens (primary N) is 1. The summed E-state index contributed by atoms with van der Waals surface area (Å²) in [6, 6.07) is 11.2. The van der Waals surface area contributed by atoms with Crippen molar-refractivity contribution in [2.75, 3.05) is 11.1 Å². The first-order chi connectivity index (χ1) is 9.95. The normalized spacial score (nSPS) is 10.8. The Bertz CT molecular complexity index is 685. The van der Waals surface area contributed by atoms with E-state index in [4.69, 9.17) is 5.73 Å². The van der Waals surface area contributed by atoms with Crippen molar-refractivity contribution in [1.82, 2.24) is 0 Å². The van der Waals surface area contributed by atoms with Crippen molar-refractivity contribution < 1.29 is 4.79 Å². The molecule has 0 saturated heterocycles. The lowest BCUT2D eigenvalue weighted by molar-refractivity contribution is -0.111. The smallest absolute Gasteiger partial charge is 0.248 e. The number of aryl methyl sites for hydroxylation is 2. The Labute approximate surface area is 133 Å². The van der Waals surface area contributed by atoms with Crippen molar-refractivity contribution in [3.05, 3.63) is 63.6 Å². The fourth-order valence-corrected chi connectivity index (χ4v) is 2.27. The minimum Gasteiger partial charge on any atom is -0.399 e. The summed E-state index contributed by atoms with van der Waals surface area (Å²) in [5, 5.41) is 2.86. The third kappa shape index (κ3) is 4.20. The van der Waals surface area contributed by atoms with Gasteiger partial charge in [-0.1, -0.05) is 28.1 Å². The lowest BCUT2D eigenvalue weighted by Gasteiger charge is -2.08. The van der Waals surface area contributed by atoms with Crippen molar-refractivity contribution in [3.8, 4) is 0 Å². The monoisotopic (exact) mass is 344 g/mol. The van der Waals surface area contributed by atoms with Crippen LogP contribution in [-0.4, -0.2) is 5.91 Å². The minimum absolute atomic E-state index is 0.168. The number of rotatable bonds is 3. The average Bonchev–Trinajstić information content (AvgIpc) is 2.42. The summed E-state index contributed by atoms with van der Waals surface area (Å²) < 4.78 is 1.07. The predicted octanol–water partition coefficient (Wildman–Crippen LogP) is 4.30. The number of carbonyl (C=O) groups is 1. The molecule has 0 saturated carbocycles. The van der Waals surface area contributed by atoms with Crippen LogP contribution in [0.25, 0.3) is 6.08 Å². The van der Waals surface area contributed by atoms with Crippen LogP contribution >= 0.6 is 15.9 Å². The van der Waals surface area contributed by atoms with E-state index in [-0.39, 0.29) is 5.91 Å². The van der Waals surface area contributed by atoms with Gasteiger partial charge in [-0.3, -0.25) is 4.79 Å². The molecule has 1 amide bonds. The van der Waals surface area contributed by atoms with Crippen LogP contribution in [0.1, 0.15) is 16.7 Å². The van der Waals surface area contributed by atoms with E-state index in [9.17, 15) is 4.79 Å². The van der Waals surface area contributed by atoms with Gasteiger partial charge in [0.05, 0.1) is 0 Å². The molecule has 0 heterocycles. The second kappa shape index (κ2) is 6.59. The van der Waals surface area contributed by atoms with E-state index in [0.29, 0.717) is 5.69 Å². The van der Waals surface area contributed by atoms with Gasteiger partial charge in [0.25, 0.3) is 0 Å². The maximum atomic E-state index is 11.9. The van der Waals surface area contributed by atoms with Crippen LogP contribution in [-0.2, 0) is 4.79 Å². The third-order valence-electron chi connectivity index (χ3n) is 3.04. The SMILES string of the molecule is Cc1cc(NC(=O)/C=C/c2cccc(N)c2)cc(C)c1Br. The van der Waals surface area contributed by atoms with Gasteiger partial charge in [-0.25, -0.2) is 0 Å². The lowest BCUT2D eigenvalue weighted by atomic mass is 10.1. The second-order valence-electron chi connectivity index (χ2n) is 4.92. The molecule has 0 spiro atoms. The van der Waals surface area contributed by atoms with Gasteiger partial charge < -0.3 is 11.1 Å². The van der Waals surface area contributed by atoms with Crippen LogP contribution < -0.4 is 11.1 Å². The Morgan fingerprint density at radius 1 is 1.19 bits per heavy atom. The zero-order valence-corrected chi connectivity index (χ0v) is 13.6. The first-order valence-electron chi connectivity index (χ1n) is 6.57. The van der Waals surface area contributed by atoms with Gasteiger partial charge in [0, 0.05) is 21.9 Å². The molecule has 108 valence electrons. The molecular weight excluding hydrogens is 328 g/mol. The molecule has 4 heteroatoms. The van der Waals surface area contributed by atoms with Crippen molar-refractivity contribution in [3.63, 3.8) is 0 Å². The second-order valence-corrected chi connectivity index (χ2v) is 5.71. The molecule has 0 unspecified atom stereocenters. The van der Waals surface area contributed by atoms with E-state index in [1.54, 1.807) is 6.08 Å². The van der Waals surface area contributed by atoms with Crippen LogP contribution in [0.15, 0.2) is 46.9 Å². The number of hydrogen-bond donors (Lipinski definition) is 2. The van der Waals surface area contributed by atoms with Crippen LogP contribution in [0.3, 0.4) is 0 Å². The molecule has 21 heavy (non-hydrogen) atoms. The summed E-state index contributed by atoms with van der Waals surface area (Å²) in [5.41, 5.74) is 10.2. The van der Waals surface area contributed by atoms with Crippen LogP contribution in [0, 0.1) is 13.8 Å². The molecule has 2 aromatic rings. The summed E-state index contributed by atoms with van der Waals surface area (Å²) in [6.45, 7) is 3.99. The van der Waals surface area contributed by atoms with Gasteiger partial charge >= 0.3 is 0 Å². The molecule has 0 atom stereocenters. The molecule has 0 aliphatic heterocycles. The van der Waals surface area contributed by atoms with Gasteiger partial charge in [-0.05, 0) is 60.9 Å². The summed E-state index contributed by atoms with van der Waals surface area (Å²) in [6.07, 6.45) is 3.24. The van der Waals surface area contributed by atoms with E-state index >= 15 is 0 Å². The largest absolute Gasteiger partial charge is 0.399 e. The molecule has 0 fully saturated rings. The molecule has 3 nitrogen and oxygen atoms in total. The Hall–Kier alpha value is -2.07. The number of benzene rings is 2. The van der Waals surface area contributed by atoms with Crippen LogP contribution in [0.4, 0.5) is 11.4 Å². The fourth-order valence-electron chi connectivity index (χ4n) is 2.04. The number of nitrogen functional groups attached to an aromatic ring is 1. The Balaban J connectivity index is 2.08. The fraction of sp³-hybridized carbons (Fsp3) is 0.118. The molecule has 0 aliphatic carbocycles. The molecule has 0 bridgehead atoms. The highest BCUT2D eigenvalue weighted by molar-refractivity contribution is 9.10. The molecule has 0 aliphatic rings. The van der Waals surface area contributed by atoms with Gasteiger partial charge in [-0.15, -0.1) is 0 Å². The number of anilines is 2. The average molecular weight is 345 g/mol. The summed E-state index contributed by atoms with van der Waals surface area (Å²) >= 11 is 3.51. The molecule has 0 aromatic heterocycles. The molecule has 3 N–H and O–H groups in total. The molecule has 0 radical (unpaired) electrons. The third-order valence-corrected chi connectivity index (χ3v) is 4.29. The quantitative estimate of drug-likeness (QED) is 0.644. The maximum Gasteiger partial charge on any atom is 0.248 e. The van der Waals surface area contributed by atoms with Crippen molar-refractivity contribution in [1.29, 1.82) is 0 Å². The van der Waals surface area contributed by atoms with Gasteiger partial charge in [0.1, 0.15) is 0 Å². The zero-order chi connectivity index (χ0) is 15.4. The number of amides is 1. The van der Waals surface area contributed by atoms with Crippen molar-refractivity contribution >= 4 is 39.3 Å². The van der Waals surface area contributed by atoms with Crippen LogP contribution in [0.2, 0.25) is 0 Å². The highest BCUT2D eigenvalue weighted by atomic mass is 79.9. The predicted molar refractivity (Wildman–Crippen MR) is 92.1 cm³/mol. The van der Waals surface area contributed by atoms with Gasteiger partial charge in [-0.2, -0.15) is 0 Å². The van der Waals surface area contributed by atoms with Gasteiger partial charge in [0.15, 0.2) is 0 Å². The van der Waals surface area contributed by atoms with E-state index in [2.05, 4.69) is 21.2 Å². The van der Waals surface area contributed by atoms with Crippen molar-refractivity contribution in [2.24, 2.45) is 0 Å². The van der Waals surface area contributed by atoms with Crippen molar-refractivity contribution in [2.45, 2.75) is 13.8 Å². The van der Waals surface area contributed by atoms with Gasteiger partial charge in [0.2, 0.25) is 5.91 Å². The number of hydrogen-bond acceptors (Lipinski definition) is 2. The molecular formula is C17H17BrN2O. The molecule has 2 rings (SSSR count). The highest BCUT2D eigenvalue weighted by Crippen LogP contribution is 2.25. The highest BCUT2D eigenvalue weighted by Gasteiger charge is 2.04. The van der Waals surface area contributed by atoms with E-state index < -0.39 is 0 Å². The Morgan fingerprint density at radius 2 is 1.86 bits per heavy atom. The molecule has 2 aromatic carbocycles. The first-order valence-corrected chi connectivity index (χ1v) is 7.36. The number of halogens is 1. The number of nitrogens with one attached hydrogen (secondary N) is 1. The Kier molecular flexibility index (Phi) is 4.81. The van der Waals surface area contributed by atoms with E-state index in [0.717, 1.165) is 26.9 Å².